The van der Waals surface area contributed by atoms with Crippen molar-refractivity contribution < 1.29 is 14.7 Å². The van der Waals surface area contributed by atoms with Gasteiger partial charge in [-0.15, -0.1) is 11.3 Å². The van der Waals surface area contributed by atoms with Crippen molar-refractivity contribution >= 4 is 40.2 Å². The van der Waals surface area contributed by atoms with E-state index in [2.05, 4.69) is 41.0 Å². The molecule has 192 valence electrons. The third-order valence-corrected chi connectivity index (χ3v) is 7.17. The number of hydrogen-bond acceptors (Lipinski definition) is 10. The first-order chi connectivity index (χ1) is 17.1. The Morgan fingerprint density at radius 2 is 2.08 bits per heavy atom. The minimum Gasteiger partial charge on any atom is -0.477 e. The highest BCUT2D eigenvalue weighted by molar-refractivity contribution is 7.12. The van der Waals surface area contributed by atoms with Crippen LogP contribution in [0.4, 0.5) is 5.95 Å². The van der Waals surface area contributed by atoms with Gasteiger partial charge in [0.15, 0.2) is 10.8 Å². The molecule has 3 aromatic rings. The van der Waals surface area contributed by atoms with E-state index in [1.165, 1.54) is 28.3 Å². The van der Waals surface area contributed by atoms with Crippen molar-refractivity contribution in [2.45, 2.75) is 39.2 Å². The average Bonchev–Trinajstić information content (AvgIpc) is 3.33. The van der Waals surface area contributed by atoms with Gasteiger partial charge in [0.05, 0.1) is 11.3 Å². The number of carboxylic acids is 1. The lowest BCUT2D eigenvalue weighted by molar-refractivity contribution is -0.125. The number of thiazole rings is 1. The fraction of sp³-hybridized carbons (Fsp3) is 0.478. The zero-order valence-electron chi connectivity index (χ0n) is 20.5. The van der Waals surface area contributed by atoms with Crippen molar-refractivity contribution in [3.8, 4) is 5.13 Å². The molecule has 0 unspecified atom stereocenters. The second-order valence-corrected chi connectivity index (χ2v) is 10.3. The molecular weight excluding hydrogens is 484 g/mol. The van der Waals surface area contributed by atoms with Gasteiger partial charge in [0, 0.05) is 55.7 Å². The highest BCUT2D eigenvalue weighted by Gasteiger charge is 2.35. The standard InChI is InChI=1S/C23H30N8O4S/c1-4-8-31(24)23(2,3)5-6-25-19(33)14-11-29(12-14)21-27-10-15-17(32)16(20(34)35)13-30(18(15)28-21)22-26-7-9-36-22/h7,9-10,13-14H,4-6,8,11-12,24H2,1-3H3,(H,25,33)(H,34,35). The van der Waals surface area contributed by atoms with Crippen LogP contribution in [-0.2, 0) is 4.79 Å². The second kappa shape index (κ2) is 10.3. The van der Waals surface area contributed by atoms with Crippen molar-refractivity contribution in [2.24, 2.45) is 11.8 Å². The fourth-order valence-electron chi connectivity index (χ4n) is 4.02. The maximum atomic E-state index is 12.7. The first-order valence-electron chi connectivity index (χ1n) is 11.7. The van der Waals surface area contributed by atoms with Crippen LogP contribution in [0.15, 0.2) is 28.8 Å². The van der Waals surface area contributed by atoms with Gasteiger partial charge < -0.3 is 15.3 Å². The number of rotatable bonds is 10. The van der Waals surface area contributed by atoms with Gasteiger partial charge >= 0.3 is 5.97 Å². The average molecular weight is 515 g/mol. The molecule has 0 spiro atoms. The van der Waals surface area contributed by atoms with Crippen LogP contribution in [0.2, 0.25) is 0 Å². The number of aromatic nitrogens is 4. The molecule has 3 aromatic heterocycles. The van der Waals surface area contributed by atoms with Crippen LogP contribution in [0.5, 0.6) is 0 Å². The van der Waals surface area contributed by atoms with E-state index >= 15 is 0 Å². The third-order valence-electron chi connectivity index (χ3n) is 6.40. The van der Waals surface area contributed by atoms with E-state index in [4.69, 9.17) is 5.84 Å². The molecule has 4 heterocycles. The molecule has 1 aliphatic heterocycles. The molecule has 1 saturated heterocycles. The fourth-order valence-corrected chi connectivity index (χ4v) is 4.64. The van der Waals surface area contributed by atoms with Gasteiger partial charge in [-0.1, -0.05) is 6.92 Å². The quantitative estimate of drug-likeness (QED) is 0.265. The van der Waals surface area contributed by atoms with Crippen molar-refractivity contribution in [3.63, 3.8) is 0 Å². The Morgan fingerprint density at radius 3 is 2.72 bits per heavy atom. The van der Waals surface area contributed by atoms with Crippen molar-refractivity contribution in [1.29, 1.82) is 0 Å². The summed E-state index contributed by atoms with van der Waals surface area (Å²) in [6.07, 6.45) is 5.84. The van der Waals surface area contributed by atoms with Crippen LogP contribution in [0.1, 0.15) is 44.0 Å². The molecular formula is C23H30N8O4S. The van der Waals surface area contributed by atoms with Crippen LogP contribution in [0, 0.1) is 5.92 Å². The number of anilines is 1. The van der Waals surface area contributed by atoms with Crippen LogP contribution >= 0.6 is 11.3 Å². The Bertz CT molecular complexity index is 1320. The highest BCUT2D eigenvalue weighted by atomic mass is 32.1. The number of nitrogens with one attached hydrogen (secondary N) is 1. The molecule has 0 saturated carbocycles. The Morgan fingerprint density at radius 1 is 1.33 bits per heavy atom. The highest BCUT2D eigenvalue weighted by Crippen LogP contribution is 2.25. The van der Waals surface area contributed by atoms with E-state index in [1.807, 2.05) is 9.91 Å². The largest absolute Gasteiger partial charge is 0.477 e. The molecule has 13 heteroatoms. The zero-order chi connectivity index (χ0) is 26.0. The van der Waals surface area contributed by atoms with Crippen molar-refractivity contribution in [1.82, 2.24) is 29.8 Å². The lowest BCUT2D eigenvalue weighted by Crippen LogP contribution is -2.55. The van der Waals surface area contributed by atoms with E-state index < -0.39 is 11.4 Å². The number of carboxylic acid groups (broad SMARTS) is 1. The number of fused-ring (bicyclic) bond motifs is 1. The third kappa shape index (κ3) is 5.08. The van der Waals surface area contributed by atoms with Crippen LogP contribution in [0.3, 0.4) is 0 Å². The first kappa shape index (κ1) is 25.7. The lowest BCUT2D eigenvalue weighted by atomic mass is 9.97. The number of hydrogen-bond donors (Lipinski definition) is 3. The molecule has 4 N–H and O–H groups in total. The van der Waals surface area contributed by atoms with E-state index in [-0.39, 0.29) is 34.0 Å². The Kier molecular flexibility index (Phi) is 7.33. The predicted molar refractivity (Wildman–Crippen MR) is 136 cm³/mol. The number of nitrogens with zero attached hydrogens (tertiary/aromatic N) is 6. The molecule has 4 rings (SSSR count). The number of pyridine rings is 1. The van der Waals surface area contributed by atoms with Crippen molar-refractivity contribution in [3.05, 3.63) is 39.8 Å². The van der Waals surface area contributed by atoms with Crippen LogP contribution in [0.25, 0.3) is 16.2 Å². The van der Waals surface area contributed by atoms with Gasteiger partial charge in [-0.05, 0) is 26.7 Å². The van der Waals surface area contributed by atoms with E-state index in [0.717, 1.165) is 19.4 Å². The second-order valence-electron chi connectivity index (χ2n) is 9.42. The maximum Gasteiger partial charge on any atom is 0.341 e. The molecule has 1 aliphatic rings. The van der Waals surface area contributed by atoms with Gasteiger partial charge in [-0.25, -0.2) is 19.8 Å². The summed E-state index contributed by atoms with van der Waals surface area (Å²) in [6.45, 7) is 8.38. The van der Waals surface area contributed by atoms with Gasteiger partial charge in [0.2, 0.25) is 17.3 Å². The molecule has 1 fully saturated rings. The number of hydrazine groups is 1. The molecule has 0 atom stereocenters. The zero-order valence-corrected chi connectivity index (χ0v) is 21.3. The van der Waals surface area contributed by atoms with Gasteiger partial charge in [-0.2, -0.15) is 4.98 Å². The predicted octanol–water partition coefficient (Wildman–Crippen LogP) is 1.24. The minimum atomic E-state index is -1.33. The summed E-state index contributed by atoms with van der Waals surface area (Å²) >= 11 is 1.29. The van der Waals surface area contributed by atoms with Gasteiger partial charge in [0.25, 0.3) is 0 Å². The first-order valence-corrected chi connectivity index (χ1v) is 12.6. The molecule has 0 aromatic carbocycles. The molecule has 0 bridgehead atoms. The van der Waals surface area contributed by atoms with Crippen LogP contribution < -0.4 is 21.5 Å². The summed E-state index contributed by atoms with van der Waals surface area (Å²) in [5.41, 5.74) is -0.999. The lowest BCUT2D eigenvalue weighted by Gasteiger charge is -2.39. The number of nitrogens with two attached hydrogens (primary N) is 1. The van der Waals surface area contributed by atoms with E-state index in [1.54, 1.807) is 11.6 Å². The molecule has 36 heavy (non-hydrogen) atoms. The molecule has 0 radical (unpaired) electrons. The molecule has 1 amide bonds. The number of carbonyl (C=O) groups is 2. The summed E-state index contributed by atoms with van der Waals surface area (Å²) in [5, 5.41) is 16.6. The van der Waals surface area contributed by atoms with E-state index in [9.17, 15) is 19.5 Å². The van der Waals surface area contributed by atoms with Gasteiger partial charge in [0.1, 0.15) is 5.56 Å². The Hall–Kier alpha value is -3.42. The number of amides is 1. The topological polar surface area (TPSA) is 160 Å². The summed E-state index contributed by atoms with van der Waals surface area (Å²) in [4.78, 5) is 51.8. The molecule has 0 aliphatic carbocycles. The maximum absolute atomic E-state index is 12.7. The summed E-state index contributed by atoms with van der Waals surface area (Å²) in [6, 6.07) is 0. The Balaban J connectivity index is 1.45. The smallest absolute Gasteiger partial charge is 0.341 e. The summed E-state index contributed by atoms with van der Waals surface area (Å²) < 4.78 is 1.49. The van der Waals surface area contributed by atoms with Crippen molar-refractivity contribution in [2.75, 3.05) is 31.1 Å². The minimum absolute atomic E-state index is 0.0345. The van der Waals surface area contributed by atoms with Crippen LogP contribution in [-0.4, -0.2) is 73.2 Å². The summed E-state index contributed by atoms with van der Waals surface area (Å²) in [5.74, 6) is 4.91. The normalized spacial score (nSPS) is 14.3. The summed E-state index contributed by atoms with van der Waals surface area (Å²) in [7, 11) is 0. The monoisotopic (exact) mass is 514 g/mol. The number of carbonyl (C=O) groups excluding carboxylic acids is 1. The van der Waals surface area contributed by atoms with E-state index in [0.29, 0.717) is 30.7 Å². The number of aromatic carboxylic acids is 1. The molecule has 12 nitrogen and oxygen atoms in total. The van der Waals surface area contributed by atoms with Gasteiger partial charge in [-0.3, -0.25) is 20.0 Å². The Labute approximate surface area is 211 Å². The SMILES string of the molecule is CCCN(N)C(C)(C)CCNC(=O)C1CN(c2ncc3c(=O)c(C(=O)O)cn(-c4nccs4)c3n2)C1.